The van der Waals surface area contributed by atoms with Gasteiger partial charge in [0, 0.05) is 6.54 Å². The number of hydrogen-bond donors (Lipinski definition) is 1. The lowest BCUT2D eigenvalue weighted by atomic mass is 10.1. The predicted octanol–water partition coefficient (Wildman–Crippen LogP) is 3.39. The van der Waals surface area contributed by atoms with E-state index in [9.17, 15) is 13.2 Å². The van der Waals surface area contributed by atoms with Crippen LogP contribution in [0.3, 0.4) is 0 Å². The first-order chi connectivity index (χ1) is 14.8. The maximum atomic E-state index is 12.4. The standard InChI is InChI=1S/C23H32N2O5S/c1-4-17-30-21-14-12-20(13-15-21)25(31(3,27)28)18-23(26)24-16-8-10-19-9-6-7-11-22(19)29-5-2/h6-7,9,11-15H,4-5,8,10,16-18H2,1-3H3,(H,24,26). The van der Waals surface area contributed by atoms with Gasteiger partial charge in [-0.3, -0.25) is 9.10 Å². The monoisotopic (exact) mass is 448 g/mol. The summed E-state index contributed by atoms with van der Waals surface area (Å²) in [6, 6.07) is 14.5. The summed E-state index contributed by atoms with van der Waals surface area (Å²) < 4.78 is 36.7. The zero-order valence-corrected chi connectivity index (χ0v) is 19.3. The van der Waals surface area contributed by atoms with E-state index in [4.69, 9.17) is 9.47 Å². The number of nitrogens with one attached hydrogen (secondary N) is 1. The summed E-state index contributed by atoms with van der Waals surface area (Å²) in [5.41, 5.74) is 1.51. The summed E-state index contributed by atoms with van der Waals surface area (Å²) >= 11 is 0. The van der Waals surface area contributed by atoms with E-state index in [1.165, 1.54) is 0 Å². The van der Waals surface area contributed by atoms with Crippen LogP contribution in [-0.4, -0.2) is 46.9 Å². The van der Waals surface area contributed by atoms with Gasteiger partial charge >= 0.3 is 0 Å². The molecule has 0 aromatic heterocycles. The van der Waals surface area contributed by atoms with Crippen LogP contribution in [0.25, 0.3) is 0 Å². The van der Waals surface area contributed by atoms with Gasteiger partial charge in [0.15, 0.2) is 0 Å². The van der Waals surface area contributed by atoms with Crippen molar-refractivity contribution in [3.63, 3.8) is 0 Å². The maximum absolute atomic E-state index is 12.4. The summed E-state index contributed by atoms with van der Waals surface area (Å²) in [5, 5.41) is 2.81. The Morgan fingerprint density at radius 1 is 1.03 bits per heavy atom. The molecule has 1 N–H and O–H groups in total. The van der Waals surface area contributed by atoms with Gasteiger partial charge in [0.1, 0.15) is 18.0 Å². The minimum atomic E-state index is -3.61. The average molecular weight is 449 g/mol. The van der Waals surface area contributed by atoms with Crippen molar-refractivity contribution in [3.8, 4) is 11.5 Å². The summed E-state index contributed by atoms with van der Waals surface area (Å²) in [6.07, 6.45) is 3.45. The Bertz CT molecular complexity index is 929. The first-order valence-corrected chi connectivity index (χ1v) is 12.4. The van der Waals surface area contributed by atoms with E-state index in [2.05, 4.69) is 5.32 Å². The predicted molar refractivity (Wildman–Crippen MR) is 123 cm³/mol. The molecule has 0 atom stereocenters. The van der Waals surface area contributed by atoms with Gasteiger partial charge in [-0.2, -0.15) is 0 Å². The second-order valence-corrected chi connectivity index (χ2v) is 9.01. The van der Waals surface area contributed by atoms with E-state index < -0.39 is 10.0 Å². The Kier molecular flexibility index (Phi) is 9.65. The molecule has 2 aromatic carbocycles. The number of carbonyl (C=O) groups is 1. The summed E-state index contributed by atoms with van der Waals surface area (Å²) in [7, 11) is -3.61. The molecule has 0 spiro atoms. The Morgan fingerprint density at radius 3 is 2.39 bits per heavy atom. The molecule has 0 aliphatic carbocycles. The number of ether oxygens (including phenoxy) is 2. The summed E-state index contributed by atoms with van der Waals surface area (Å²) in [5.74, 6) is 1.16. The van der Waals surface area contributed by atoms with Gasteiger partial charge in [-0.25, -0.2) is 8.42 Å². The minimum Gasteiger partial charge on any atom is -0.494 e. The molecule has 8 heteroatoms. The van der Waals surface area contributed by atoms with Gasteiger partial charge in [-0.15, -0.1) is 0 Å². The lowest BCUT2D eigenvalue weighted by Crippen LogP contribution is -2.40. The van der Waals surface area contributed by atoms with E-state index in [0.29, 0.717) is 31.2 Å². The Labute approximate surface area is 185 Å². The topological polar surface area (TPSA) is 84.9 Å². The largest absolute Gasteiger partial charge is 0.494 e. The van der Waals surface area contributed by atoms with Gasteiger partial charge in [-0.1, -0.05) is 25.1 Å². The zero-order chi connectivity index (χ0) is 22.7. The van der Waals surface area contributed by atoms with Crippen molar-refractivity contribution in [2.24, 2.45) is 0 Å². The highest BCUT2D eigenvalue weighted by Gasteiger charge is 2.20. The minimum absolute atomic E-state index is 0.274. The zero-order valence-electron chi connectivity index (χ0n) is 18.5. The normalized spacial score (nSPS) is 11.1. The number of nitrogens with zero attached hydrogens (tertiary/aromatic N) is 1. The molecular formula is C23H32N2O5S. The number of amides is 1. The highest BCUT2D eigenvalue weighted by atomic mass is 32.2. The van der Waals surface area contributed by atoms with Crippen molar-refractivity contribution in [2.75, 3.05) is 36.9 Å². The van der Waals surface area contributed by atoms with Gasteiger partial charge < -0.3 is 14.8 Å². The number of sulfonamides is 1. The highest BCUT2D eigenvalue weighted by Crippen LogP contribution is 2.22. The lowest BCUT2D eigenvalue weighted by molar-refractivity contribution is -0.119. The molecule has 1 amide bonds. The number of carbonyl (C=O) groups excluding carboxylic acids is 1. The van der Waals surface area contributed by atoms with Crippen molar-refractivity contribution in [3.05, 3.63) is 54.1 Å². The van der Waals surface area contributed by atoms with E-state index in [0.717, 1.165) is 41.1 Å². The third-order valence-electron chi connectivity index (χ3n) is 4.50. The number of anilines is 1. The van der Waals surface area contributed by atoms with Gasteiger partial charge in [0.2, 0.25) is 15.9 Å². The highest BCUT2D eigenvalue weighted by molar-refractivity contribution is 7.92. The number of aryl methyl sites for hydroxylation is 1. The van der Waals surface area contributed by atoms with E-state index in [1.54, 1.807) is 24.3 Å². The van der Waals surface area contributed by atoms with Gasteiger partial charge in [0.05, 0.1) is 25.2 Å². The molecule has 0 bridgehead atoms. The van der Waals surface area contributed by atoms with Crippen LogP contribution in [-0.2, 0) is 21.2 Å². The molecule has 0 radical (unpaired) electrons. The van der Waals surface area contributed by atoms with Crippen LogP contribution in [0, 0.1) is 0 Å². The number of rotatable bonds is 13. The molecule has 170 valence electrons. The molecule has 0 unspecified atom stereocenters. The molecule has 2 aromatic rings. The van der Waals surface area contributed by atoms with Crippen molar-refractivity contribution in [1.29, 1.82) is 0 Å². The van der Waals surface area contributed by atoms with Crippen LogP contribution in [0.5, 0.6) is 11.5 Å². The Morgan fingerprint density at radius 2 is 1.74 bits per heavy atom. The van der Waals surface area contributed by atoms with Crippen molar-refractivity contribution >= 4 is 21.6 Å². The van der Waals surface area contributed by atoms with Gasteiger partial charge in [-0.05, 0) is 62.1 Å². The maximum Gasteiger partial charge on any atom is 0.240 e. The first-order valence-electron chi connectivity index (χ1n) is 10.5. The van der Waals surface area contributed by atoms with Crippen LogP contribution >= 0.6 is 0 Å². The number of hydrogen-bond acceptors (Lipinski definition) is 5. The Hall–Kier alpha value is -2.74. The fourth-order valence-corrected chi connectivity index (χ4v) is 3.88. The molecule has 0 saturated carbocycles. The summed E-state index contributed by atoms with van der Waals surface area (Å²) in [4.78, 5) is 12.4. The van der Waals surface area contributed by atoms with Crippen molar-refractivity contribution in [2.45, 2.75) is 33.1 Å². The number of benzene rings is 2. The Balaban J connectivity index is 1.90. The second kappa shape index (κ2) is 12.2. The second-order valence-electron chi connectivity index (χ2n) is 7.11. The molecule has 7 nitrogen and oxygen atoms in total. The molecule has 0 aliphatic heterocycles. The third kappa shape index (κ3) is 8.13. The molecule has 0 aliphatic rings. The van der Waals surface area contributed by atoms with Crippen LogP contribution in [0.1, 0.15) is 32.3 Å². The molecule has 0 fully saturated rings. The van der Waals surface area contributed by atoms with Crippen LogP contribution in [0.15, 0.2) is 48.5 Å². The molecular weight excluding hydrogens is 416 g/mol. The van der Waals surface area contributed by atoms with Crippen LogP contribution in [0.4, 0.5) is 5.69 Å². The SMILES string of the molecule is CCCOc1ccc(N(CC(=O)NCCCc2ccccc2OCC)S(C)(=O)=O)cc1. The first kappa shape index (κ1) is 24.5. The fourth-order valence-electron chi connectivity index (χ4n) is 3.03. The smallest absolute Gasteiger partial charge is 0.240 e. The van der Waals surface area contributed by atoms with E-state index >= 15 is 0 Å². The molecule has 0 heterocycles. The van der Waals surface area contributed by atoms with Gasteiger partial charge in [0.25, 0.3) is 0 Å². The quantitative estimate of drug-likeness (QED) is 0.475. The van der Waals surface area contributed by atoms with Crippen LogP contribution in [0.2, 0.25) is 0 Å². The van der Waals surface area contributed by atoms with Crippen molar-refractivity contribution in [1.82, 2.24) is 5.32 Å². The fraction of sp³-hybridized carbons (Fsp3) is 0.435. The molecule has 0 saturated heterocycles. The summed E-state index contributed by atoms with van der Waals surface area (Å²) in [6.45, 7) is 5.31. The van der Waals surface area contributed by atoms with Crippen molar-refractivity contribution < 1.29 is 22.7 Å². The average Bonchev–Trinajstić information content (AvgIpc) is 2.74. The van der Waals surface area contributed by atoms with E-state index in [1.807, 2.05) is 38.1 Å². The third-order valence-corrected chi connectivity index (χ3v) is 5.64. The molecule has 2 rings (SSSR count). The molecule has 31 heavy (non-hydrogen) atoms. The number of para-hydroxylation sites is 1. The van der Waals surface area contributed by atoms with Crippen LogP contribution < -0.4 is 19.1 Å². The lowest BCUT2D eigenvalue weighted by Gasteiger charge is -2.22. The van der Waals surface area contributed by atoms with E-state index in [-0.39, 0.29) is 12.5 Å².